The summed E-state index contributed by atoms with van der Waals surface area (Å²) in [6.45, 7) is 3.86. The lowest BCUT2D eigenvalue weighted by Crippen LogP contribution is -2.14. The van der Waals surface area contributed by atoms with Gasteiger partial charge in [0.15, 0.2) is 0 Å². The van der Waals surface area contributed by atoms with Gasteiger partial charge in [-0.15, -0.1) is 0 Å². The Labute approximate surface area is 130 Å². The van der Waals surface area contributed by atoms with Crippen LogP contribution in [0.2, 0.25) is 0 Å². The van der Waals surface area contributed by atoms with Gasteiger partial charge in [-0.25, -0.2) is 8.42 Å². The van der Waals surface area contributed by atoms with Crippen molar-refractivity contribution >= 4 is 27.3 Å². The molecule has 0 unspecified atom stereocenters. The number of anilines is 2. The molecule has 0 saturated carbocycles. The molecule has 2 N–H and O–H groups in total. The lowest BCUT2D eigenvalue weighted by molar-refractivity contribution is 0.102. The molecule has 0 aliphatic carbocycles. The van der Waals surface area contributed by atoms with Gasteiger partial charge in [0, 0.05) is 16.9 Å². The summed E-state index contributed by atoms with van der Waals surface area (Å²) in [7, 11) is -3.37. The molecule has 5 nitrogen and oxygen atoms in total. The highest BCUT2D eigenvalue weighted by molar-refractivity contribution is 7.92. The van der Waals surface area contributed by atoms with E-state index in [2.05, 4.69) is 10.0 Å². The Morgan fingerprint density at radius 2 is 1.77 bits per heavy atom. The molecule has 22 heavy (non-hydrogen) atoms. The van der Waals surface area contributed by atoms with Crippen molar-refractivity contribution in [3.63, 3.8) is 0 Å². The normalized spacial score (nSPS) is 11.0. The van der Waals surface area contributed by atoms with E-state index < -0.39 is 10.0 Å². The number of rotatable bonds is 4. The molecule has 0 atom stereocenters. The molecule has 0 radical (unpaired) electrons. The molecular weight excluding hydrogens is 300 g/mol. The largest absolute Gasteiger partial charge is 0.322 e. The van der Waals surface area contributed by atoms with Crippen LogP contribution in [0.4, 0.5) is 11.4 Å². The van der Waals surface area contributed by atoms with E-state index in [1.54, 1.807) is 18.2 Å². The quantitative estimate of drug-likeness (QED) is 0.910. The standard InChI is InChI=1S/C16H18N2O3S/c1-11-7-8-12(2)15(9-11)17-16(19)13-5-4-6-14(10-13)18-22(3,20)21/h4-10,18H,1-3H3,(H,17,19). The minimum absolute atomic E-state index is 0.286. The maximum Gasteiger partial charge on any atom is 0.255 e. The number of carbonyl (C=O) groups excluding carboxylic acids is 1. The van der Waals surface area contributed by atoms with Gasteiger partial charge in [-0.05, 0) is 49.2 Å². The van der Waals surface area contributed by atoms with Crippen LogP contribution in [0, 0.1) is 13.8 Å². The second-order valence-corrected chi connectivity index (χ2v) is 6.98. The van der Waals surface area contributed by atoms with Gasteiger partial charge in [-0.1, -0.05) is 18.2 Å². The van der Waals surface area contributed by atoms with Gasteiger partial charge in [-0.2, -0.15) is 0 Å². The molecule has 116 valence electrons. The van der Waals surface area contributed by atoms with Crippen molar-refractivity contribution in [2.45, 2.75) is 13.8 Å². The number of nitrogens with one attached hydrogen (secondary N) is 2. The smallest absolute Gasteiger partial charge is 0.255 e. The van der Waals surface area contributed by atoms with Crippen LogP contribution < -0.4 is 10.0 Å². The molecule has 0 aliphatic heterocycles. The lowest BCUT2D eigenvalue weighted by Gasteiger charge is -2.10. The van der Waals surface area contributed by atoms with Crippen LogP contribution in [0.3, 0.4) is 0 Å². The van der Waals surface area contributed by atoms with Crippen molar-refractivity contribution in [2.24, 2.45) is 0 Å². The van der Waals surface area contributed by atoms with E-state index in [9.17, 15) is 13.2 Å². The third-order valence-corrected chi connectivity index (χ3v) is 3.68. The van der Waals surface area contributed by atoms with Gasteiger partial charge in [0.1, 0.15) is 0 Å². The third kappa shape index (κ3) is 4.33. The van der Waals surface area contributed by atoms with Gasteiger partial charge in [0.2, 0.25) is 10.0 Å². The Kier molecular flexibility index (Phi) is 4.51. The van der Waals surface area contributed by atoms with E-state index in [-0.39, 0.29) is 5.91 Å². The second kappa shape index (κ2) is 6.19. The van der Waals surface area contributed by atoms with Crippen molar-refractivity contribution < 1.29 is 13.2 Å². The van der Waals surface area contributed by atoms with Crippen LogP contribution >= 0.6 is 0 Å². The Hall–Kier alpha value is -2.34. The highest BCUT2D eigenvalue weighted by Gasteiger charge is 2.10. The summed E-state index contributed by atoms with van der Waals surface area (Å²) < 4.78 is 24.8. The molecule has 0 fully saturated rings. The topological polar surface area (TPSA) is 75.3 Å². The maximum atomic E-state index is 12.3. The minimum Gasteiger partial charge on any atom is -0.322 e. The minimum atomic E-state index is -3.37. The number of benzene rings is 2. The highest BCUT2D eigenvalue weighted by Crippen LogP contribution is 2.18. The first-order chi connectivity index (χ1) is 10.2. The lowest BCUT2D eigenvalue weighted by atomic mass is 10.1. The van der Waals surface area contributed by atoms with E-state index in [0.717, 1.165) is 23.1 Å². The van der Waals surface area contributed by atoms with Gasteiger partial charge < -0.3 is 5.32 Å². The predicted molar refractivity (Wildman–Crippen MR) is 88.8 cm³/mol. The van der Waals surface area contributed by atoms with Crippen LogP contribution in [0.1, 0.15) is 21.5 Å². The second-order valence-electron chi connectivity index (χ2n) is 5.23. The van der Waals surface area contributed by atoms with Crippen molar-refractivity contribution in [3.8, 4) is 0 Å². The first kappa shape index (κ1) is 16.0. The Balaban J connectivity index is 2.23. The molecule has 1 amide bonds. The first-order valence-corrected chi connectivity index (χ1v) is 8.60. The summed E-state index contributed by atoms with van der Waals surface area (Å²) in [5.74, 6) is -0.286. The van der Waals surface area contributed by atoms with Crippen molar-refractivity contribution in [1.29, 1.82) is 0 Å². The highest BCUT2D eigenvalue weighted by atomic mass is 32.2. The molecule has 0 spiro atoms. The number of carbonyl (C=O) groups is 1. The van der Waals surface area contributed by atoms with E-state index in [0.29, 0.717) is 11.3 Å². The zero-order valence-corrected chi connectivity index (χ0v) is 13.5. The van der Waals surface area contributed by atoms with E-state index in [4.69, 9.17) is 0 Å². The molecule has 0 bridgehead atoms. The number of amides is 1. The molecule has 2 rings (SSSR count). The summed E-state index contributed by atoms with van der Waals surface area (Å²) >= 11 is 0. The maximum absolute atomic E-state index is 12.3. The zero-order valence-electron chi connectivity index (χ0n) is 12.7. The summed E-state index contributed by atoms with van der Waals surface area (Å²) in [6.07, 6.45) is 1.07. The zero-order chi connectivity index (χ0) is 16.3. The molecule has 0 saturated heterocycles. The van der Waals surface area contributed by atoms with Gasteiger partial charge in [0.25, 0.3) is 5.91 Å². The van der Waals surface area contributed by atoms with Crippen LogP contribution in [-0.4, -0.2) is 20.6 Å². The Bertz CT molecular complexity index is 814. The Morgan fingerprint density at radius 1 is 1.05 bits per heavy atom. The number of hydrogen-bond donors (Lipinski definition) is 2. The summed E-state index contributed by atoms with van der Waals surface area (Å²) in [5, 5.41) is 2.84. The first-order valence-electron chi connectivity index (χ1n) is 6.71. The van der Waals surface area contributed by atoms with E-state index in [1.165, 1.54) is 6.07 Å². The number of hydrogen-bond acceptors (Lipinski definition) is 3. The number of aryl methyl sites for hydroxylation is 2. The van der Waals surface area contributed by atoms with Crippen molar-refractivity contribution in [1.82, 2.24) is 0 Å². The molecule has 2 aromatic rings. The molecule has 6 heteroatoms. The van der Waals surface area contributed by atoms with Gasteiger partial charge >= 0.3 is 0 Å². The van der Waals surface area contributed by atoms with Crippen LogP contribution in [-0.2, 0) is 10.0 Å². The molecule has 0 heterocycles. The molecule has 0 aliphatic rings. The van der Waals surface area contributed by atoms with Crippen LogP contribution in [0.15, 0.2) is 42.5 Å². The molecule has 2 aromatic carbocycles. The third-order valence-electron chi connectivity index (χ3n) is 3.07. The van der Waals surface area contributed by atoms with Gasteiger partial charge in [-0.3, -0.25) is 9.52 Å². The predicted octanol–water partition coefficient (Wildman–Crippen LogP) is 2.93. The van der Waals surface area contributed by atoms with E-state index >= 15 is 0 Å². The fraction of sp³-hybridized carbons (Fsp3) is 0.188. The number of sulfonamides is 1. The molecular formula is C16H18N2O3S. The van der Waals surface area contributed by atoms with Crippen LogP contribution in [0.25, 0.3) is 0 Å². The summed E-state index contributed by atoms with van der Waals surface area (Å²) in [5.41, 5.74) is 3.50. The van der Waals surface area contributed by atoms with Gasteiger partial charge in [0.05, 0.1) is 6.26 Å². The summed E-state index contributed by atoms with van der Waals surface area (Å²) in [4.78, 5) is 12.3. The van der Waals surface area contributed by atoms with Crippen LogP contribution in [0.5, 0.6) is 0 Å². The van der Waals surface area contributed by atoms with Crippen molar-refractivity contribution in [3.05, 3.63) is 59.2 Å². The average molecular weight is 318 g/mol. The SMILES string of the molecule is Cc1ccc(C)c(NC(=O)c2cccc(NS(C)(=O)=O)c2)c1. The average Bonchev–Trinajstić information content (AvgIpc) is 2.41. The van der Waals surface area contributed by atoms with Crippen molar-refractivity contribution in [2.75, 3.05) is 16.3 Å². The monoisotopic (exact) mass is 318 g/mol. The fourth-order valence-corrected chi connectivity index (χ4v) is 2.56. The fourth-order valence-electron chi connectivity index (χ4n) is 2.00. The summed E-state index contributed by atoms with van der Waals surface area (Å²) in [6, 6.07) is 12.2. The van der Waals surface area contributed by atoms with E-state index in [1.807, 2.05) is 32.0 Å². The molecule has 0 aromatic heterocycles. The Morgan fingerprint density at radius 3 is 2.45 bits per heavy atom.